The molecule has 0 aliphatic carbocycles. The van der Waals surface area contributed by atoms with Crippen LogP contribution in [0.3, 0.4) is 0 Å². The second-order valence-electron chi connectivity index (χ2n) is 7.22. The van der Waals surface area contributed by atoms with Crippen LogP contribution in [0.4, 0.5) is 0 Å². The molecule has 0 spiro atoms. The van der Waals surface area contributed by atoms with Crippen molar-refractivity contribution in [3.8, 4) is 0 Å². The molecule has 126 valence electrons. The zero-order valence-electron chi connectivity index (χ0n) is 14.1. The predicted molar refractivity (Wildman–Crippen MR) is 96.5 cm³/mol. The fourth-order valence-electron chi connectivity index (χ4n) is 4.32. The minimum absolute atomic E-state index is 0.150. The highest BCUT2D eigenvalue weighted by atomic mass is 16.3. The Labute approximate surface area is 144 Å². The molecule has 2 heterocycles. The first kappa shape index (κ1) is 15.8. The van der Waals surface area contributed by atoms with Crippen molar-refractivity contribution in [1.82, 2.24) is 9.80 Å². The van der Waals surface area contributed by atoms with Gasteiger partial charge < -0.3 is 5.11 Å². The van der Waals surface area contributed by atoms with E-state index in [1.807, 2.05) is 0 Å². The number of fused-ring (bicyclic) bond motifs is 1. The third-order valence-electron chi connectivity index (χ3n) is 5.56. The molecule has 2 aliphatic heterocycles. The molecule has 4 rings (SSSR count). The molecule has 2 aromatic carbocycles. The van der Waals surface area contributed by atoms with Gasteiger partial charge >= 0.3 is 0 Å². The van der Waals surface area contributed by atoms with Gasteiger partial charge in [-0.2, -0.15) is 0 Å². The quantitative estimate of drug-likeness (QED) is 0.938. The summed E-state index contributed by atoms with van der Waals surface area (Å²) in [6.07, 6.45) is 0.746. The van der Waals surface area contributed by atoms with E-state index in [4.69, 9.17) is 0 Å². The standard InChI is InChI=1S/C21H26N2O/c24-21-11-12-23(14-18-9-5-2-6-10-18)20-16-22(15-19(20)21)13-17-7-3-1-4-8-17/h1-10,19-21,24H,11-16H2. The Morgan fingerprint density at radius 1 is 0.833 bits per heavy atom. The van der Waals surface area contributed by atoms with Crippen LogP contribution in [-0.2, 0) is 13.1 Å². The molecule has 1 N–H and O–H groups in total. The molecule has 24 heavy (non-hydrogen) atoms. The molecular formula is C21H26N2O. The second kappa shape index (κ2) is 7.06. The van der Waals surface area contributed by atoms with Gasteiger partial charge in [0.15, 0.2) is 0 Å². The zero-order valence-corrected chi connectivity index (χ0v) is 14.1. The fourth-order valence-corrected chi connectivity index (χ4v) is 4.32. The summed E-state index contributed by atoms with van der Waals surface area (Å²) in [5.41, 5.74) is 2.73. The van der Waals surface area contributed by atoms with Gasteiger partial charge in [-0.25, -0.2) is 0 Å². The lowest BCUT2D eigenvalue weighted by molar-refractivity contribution is 0.00293. The van der Waals surface area contributed by atoms with Crippen molar-refractivity contribution in [3.63, 3.8) is 0 Å². The van der Waals surface area contributed by atoms with E-state index >= 15 is 0 Å². The highest BCUT2D eigenvalue weighted by molar-refractivity contribution is 5.17. The van der Waals surface area contributed by atoms with Crippen LogP contribution in [0.25, 0.3) is 0 Å². The molecule has 3 nitrogen and oxygen atoms in total. The van der Waals surface area contributed by atoms with E-state index in [-0.39, 0.29) is 6.10 Å². The first-order valence-corrected chi connectivity index (χ1v) is 9.02. The minimum Gasteiger partial charge on any atom is -0.393 e. The Morgan fingerprint density at radius 3 is 2.12 bits per heavy atom. The molecule has 3 heteroatoms. The minimum atomic E-state index is -0.150. The summed E-state index contributed by atoms with van der Waals surface area (Å²) < 4.78 is 0. The highest BCUT2D eigenvalue weighted by Crippen LogP contribution is 2.32. The number of piperidine rings is 1. The largest absolute Gasteiger partial charge is 0.393 e. The first-order chi connectivity index (χ1) is 11.8. The molecule has 2 aromatic rings. The molecule has 0 aromatic heterocycles. The Bertz CT molecular complexity index is 645. The van der Waals surface area contributed by atoms with Crippen LogP contribution in [0, 0.1) is 5.92 Å². The lowest BCUT2D eigenvalue weighted by atomic mass is 9.89. The van der Waals surface area contributed by atoms with Gasteiger partial charge in [-0.3, -0.25) is 9.80 Å². The lowest BCUT2D eigenvalue weighted by Gasteiger charge is -2.39. The SMILES string of the molecule is OC1CCN(Cc2ccccc2)C2CN(Cc3ccccc3)CC12. The molecule has 3 atom stereocenters. The number of hydrogen-bond acceptors (Lipinski definition) is 3. The topological polar surface area (TPSA) is 26.7 Å². The second-order valence-corrected chi connectivity index (χ2v) is 7.22. The van der Waals surface area contributed by atoms with E-state index in [1.54, 1.807) is 0 Å². The number of rotatable bonds is 4. The molecule has 0 radical (unpaired) electrons. The maximum Gasteiger partial charge on any atom is 0.0608 e. The van der Waals surface area contributed by atoms with Crippen molar-refractivity contribution < 1.29 is 5.11 Å². The monoisotopic (exact) mass is 322 g/mol. The molecule has 2 saturated heterocycles. The average molecular weight is 322 g/mol. The van der Waals surface area contributed by atoms with Gasteiger partial charge in [0.05, 0.1) is 6.10 Å². The summed E-state index contributed by atoms with van der Waals surface area (Å²) in [6, 6.07) is 21.8. The lowest BCUT2D eigenvalue weighted by Crippen LogP contribution is -2.50. The van der Waals surface area contributed by atoms with Gasteiger partial charge in [0.1, 0.15) is 0 Å². The van der Waals surface area contributed by atoms with Crippen molar-refractivity contribution in [1.29, 1.82) is 0 Å². The first-order valence-electron chi connectivity index (χ1n) is 9.02. The Balaban J connectivity index is 1.45. The van der Waals surface area contributed by atoms with E-state index in [2.05, 4.69) is 70.5 Å². The van der Waals surface area contributed by atoms with E-state index in [0.29, 0.717) is 12.0 Å². The third-order valence-corrected chi connectivity index (χ3v) is 5.56. The summed E-state index contributed by atoms with van der Waals surface area (Å²) in [7, 11) is 0. The van der Waals surface area contributed by atoms with Crippen LogP contribution in [0.5, 0.6) is 0 Å². The molecule has 0 bridgehead atoms. The molecule has 2 fully saturated rings. The summed E-state index contributed by atoms with van der Waals surface area (Å²) in [4.78, 5) is 5.09. The number of aliphatic hydroxyl groups excluding tert-OH is 1. The molecule has 0 saturated carbocycles. The van der Waals surface area contributed by atoms with Crippen LogP contribution in [0.1, 0.15) is 17.5 Å². The molecular weight excluding hydrogens is 296 g/mol. The Kier molecular flexibility index (Phi) is 4.65. The highest BCUT2D eigenvalue weighted by Gasteiger charge is 2.43. The molecule has 2 aliphatic rings. The average Bonchev–Trinajstić information content (AvgIpc) is 3.04. The van der Waals surface area contributed by atoms with Crippen LogP contribution in [0.15, 0.2) is 60.7 Å². The fraction of sp³-hybridized carbons (Fsp3) is 0.429. The number of likely N-dealkylation sites (tertiary alicyclic amines) is 2. The van der Waals surface area contributed by atoms with Crippen molar-refractivity contribution in [3.05, 3.63) is 71.8 Å². The van der Waals surface area contributed by atoms with Crippen molar-refractivity contribution in [2.45, 2.75) is 31.7 Å². The van der Waals surface area contributed by atoms with Gasteiger partial charge in [0.2, 0.25) is 0 Å². The normalized spacial score (nSPS) is 28.0. The zero-order chi connectivity index (χ0) is 16.4. The molecule has 0 amide bonds. The van der Waals surface area contributed by atoms with Gasteiger partial charge in [-0.15, -0.1) is 0 Å². The third kappa shape index (κ3) is 3.39. The van der Waals surface area contributed by atoms with Crippen molar-refractivity contribution in [2.24, 2.45) is 5.92 Å². The molecule has 3 unspecified atom stereocenters. The maximum absolute atomic E-state index is 10.5. The van der Waals surface area contributed by atoms with E-state index < -0.39 is 0 Å². The summed E-state index contributed by atoms with van der Waals surface area (Å²) in [6.45, 7) is 5.04. The number of nitrogens with zero attached hydrogens (tertiary/aromatic N) is 2. The van der Waals surface area contributed by atoms with Crippen LogP contribution in [0.2, 0.25) is 0 Å². The summed E-state index contributed by atoms with van der Waals surface area (Å²) in [5.74, 6) is 0.381. The Morgan fingerprint density at radius 2 is 1.46 bits per heavy atom. The van der Waals surface area contributed by atoms with Gasteiger partial charge in [0.25, 0.3) is 0 Å². The summed E-state index contributed by atoms with van der Waals surface area (Å²) >= 11 is 0. The van der Waals surface area contributed by atoms with Crippen LogP contribution < -0.4 is 0 Å². The van der Waals surface area contributed by atoms with E-state index in [1.165, 1.54) is 11.1 Å². The van der Waals surface area contributed by atoms with Crippen molar-refractivity contribution >= 4 is 0 Å². The van der Waals surface area contributed by atoms with Gasteiger partial charge in [-0.1, -0.05) is 60.7 Å². The van der Waals surface area contributed by atoms with Crippen molar-refractivity contribution in [2.75, 3.05) is 19.6 Å². The number of hydrogen-bond donors (Lipinski definition) is 1. The number of aliphatic hydroxyl groups is 1. The Hall–Kier alpha value is -1.68. The van der Waals surface area contributed by atoms with E-state index in [0.717, 1.165) is 39.1 Å². The van der Waals surface area contributed by atoms with Gasteiger partial charge in [-0.05, 0) is 17.5 Å². The van der Waals surface area contributed by atoms with Crippen LogP contribution in [-0.4, -0.2) is 46.7 Å². The van der Waals surface area contributed by atoms with E-state index in [9.17, 15) is 5.11 Å². The predicted octanol–water partition coefficient (Wildman–Crippen LogP) is 2.75. The van der Waals surface area contributed by atoms with Crippen LogP contribution >= 0.6 is 0 Å². The number of benzene rings is 2. The van der Waals surface area contributed by atoms with Gasteiger partial charge in [0, 0.05) is 44.7 Å². The smallest absolute Gasteiger partial charge is 0.0608 e. The maximum atomic E-state index is 10.5. The summed E-state index contributed by atoms with van der Waals surface area (Å²) in [5, 5.41) is 10.5.